The molecule has 10 nitrogen and oxygen atoms in total. The molecule has 3 aromatic heterocycles. The lowest BCUT2D eigenvalue weighted by molar-refractivity contribution is 0.0951. The molecule has 0 aliphatic carbocycles. The van der Waals surface area contributed by atoms with Crippen LogP contribution in [0.25, 0.3) is 16.4 Å². The second-order valence-electron chi connectivity index (χ2n) is 5.52. The highest BCUT2D eigenvalue weighted by Gasteiger charge is 2.25. The summed E-state index contributed by atoms with van der Waals surface area (Å²) in [5.41, 5.74) is 9.22. The van der Waals surface area contributed by atoms with Crippen LogP contribution in [0.4, 0.5) is 5.82 Å². The standard InChI is InChI=1S/C16H10Cl2N8O2S/c17-9-4-3-8(6-10(9)18)7-20-22-16(27)12-13(11-2-1-5-29-11)26(25-21-12)15-14(19)23-28-24-15/h1-7H,(H2,19,23)(H,22,27). The number of carbonyl (C=O) groups is 1. The van der Waals surface area contributed by atoms with E-state index in [1.54, 1.807) is 24.3 Å². The third-order valence-electron chi connectivity index (χ3n) is 3.66. The van der Waals surface area contributed by atoms with Gasteiger partial charge in [-0.15, -0.1) is 16.4 Å². The Kier molecular flexibility index (Phi) is 5.25. The van der Waals surface area contributed by atoms with Crippen molar-refractivity contribution >= 4 is 52.5 Å². The van der Waals surface area contributed by atoms with Gasteiger partial charge in [0.15, 0.2) is 5.69 Å². The van der Waals surface area contributed by atoms with Gasteiger partial charge in [-0.2, -0.15) is 9.78 Å². The van der Waals surface area contributed by atoms with Gasteiger partial charge in [-0.3, -0.25) is 4.79 Å². The topological polar surface area (TPSA) is 137 Å². The summed E-state index contributed by atoms with van der Waals surface area (Å²) in [7, 11) is 0. The molecule has 0 aliphatic rings. The lowest BCUT2D eigenvalue weighted by Gasteiger charge is -2.03. The summed E-state index contributed by atoms with van der Waals surface area (Å²) in [6.45, 7) is 0. The molecular formula is C16H10Cl2N8O2S. The molecule has 4 aromatic rings. The fourth-order valence-electron chi connectivity index (χ4n) is 2.37. The van der Waals surface area contributed by atoms with E-state index in [-0.39, 0.29) is 17.3 Å². The van der Waals surface area contributed by atoms with Crippen molar-refractivity contribution in [2.75, 3.05) is 5.73 Å². The minimum atomic E-state index is -0.578. The molecule has 0 saturated heterocycles. The summed E-state index contributed by atoms with van der Waals surface area (Å²) in [4.78, 5) is 13.4. The Hall–Kier alpha value is -3.28. The Morgan fingerprint density at radius 3 is 2.83 bits per heavy atom. The molecule has 29 heavy (non-hydrogen) atoms. The fourth-order valence-corrected chi connectivity index (χ4v) is 3.43. The van der Waals surface area contributed by atoms with Gasteiger partial charge in [0.05, 0.1) is 21.1 Å². The molecule has 0 unspecified atom stereocenters. The third-order valence-corrected chi connectivity index (χ3v) is 5.28. The molecule has 3 N–H and O–H groups in total. The summed E-state index contributed by atoms with van der Waals surface area (Å²) in [6.07, 6.45) is 1.43. The van der Waals surface area contributed by atoms with Gasteiger partial charge in [-0.05, 0) is 39.5 Å². The number of nitrogens with zero attached hydrogens (tertiary/aromatic N) is 6. The van der Waals surface area contributed by atoms with Crippen LogP contribution in [0.3, 0.4) is 0 Å². The first-order valence-electron chi connectivity index (χ1n) is 7.91. The summed E-state index contributed by atoms with van der Waals surface area (Å²) in [5, 5.41) is 21.7. The Morgan fingerprint density at radius 1 is 1.28 bits per heavy atom. The number of carbonyl (C=O) groups excluding carboxylic acids is 1. The number of nitrogens with two attached hydrogens (primary N) is 1. The number of amides is 1. The summed E-state index contributed by atoms with van der Waals surface area (Å²) in [6, 6.07) is 8.58. The van der Waals surface area contributed by atoms with Gasteiger partial charge in [-0.1, -0.05) is 40.5 Å². The number of benzene rings is 1. The van der Waals surface area contributed by atoms with Gasteiger partial charge in [0.25, 0.3) is 5.91 Å². The zero-order valence-electron chi connectivity index (χ0n) is 14.3. The summed E-state index contributed by atoms with van der Waals surface area (Å²) in [5.74, 6) is -0.442. The van der Waals surface area contributed by atoms with Gasteiger partial charge in [0, 0.05) is 0 Å². The highest BCUT2D eigenvalue weighted by molar-refractivity contribution is 7.13. The Morgan fingerprint density at radius 2 is 2.14 bits per heavy atom. The molecule has 13 heteroatoms. The van der Waals surface area contributed by atoms with E-state index in [2.05, 4.69) is 35.8 Å². The van der Waals surface area contributed by atoms with Crippen LogP contribution in [0.5, 0.6) is 0 Å². The minimum absolute atomic E-state index is 0.0114. The summed E-state index contributed by atoms with van der Waals surface area (Å²) >= 11 is 13.2. The largest absolute Gasteiger partial charge is 0.378 e. The quantitative estimate of drug-likeness (QED) is 0.353. The SMILES string of the molecule is Nc1nonc1-n1nnc(C(=O)NN=Cc2ccc(Cl)c(Cl)c2)c1-c1cccs1. The molecule has 3 heterocycles. The molecule has 0 bridgehead atoms. The van der Waals surface area contributed by atoms with Crippen molar-refractivity contribution in [2.45, 2.75) is 0 Å². The first kappa shape index (κ1) is 19.1. The van der Waals surface area contributed by atoms with E-state index in [0.717, 1.165) is 4.88 Å². The number of nitrogens with one attached hydrogen (secondary N) is 1. The van der Waals surface area contributed by atoms with Crippen molar-refractivity contribution in [1.82, 2.24) is 30.7 Å². The number of thiophene rings is 1. The predicted molar refractivity (Wildman–Crippen MR) is 108 cm³/mol. The molecule has 0 radical (unpaired) electrons. The molecule has 1 aromatic carbocycles. The maximum atomic E-state index is 12.7. The van der Waals surface area contributed by atoms with Crippen LogP contribution in [0.1, 0.15) is 16.1 Å². The van der Waals surface area contributed by atoms with Crippen molar-refractivity contribution in [3.63, 3.8) is 0 Å². The zero-order valence-corrected chi connectivity index (χ0v) is 16.6. The number of hydrazone groups is 1. The average molecular weight is 449 g/mol. The molecule has 0 atom stereocenters. The van der Waals surface area contributed by atoms with Crippen molar-refractivity contribution < 1.29 is 9.42 Å². The fraction of sp³-hybridized carbons (Fsp3) is 0. The number of aromatic nitrogens is 5. The van der Waals surface area contributed by atoms with Gasteiger partial charge in [0.2, 0.25) is 11.6 Å². The molecule has 1 amide bonds. The van der Waals surface area contributed by atoms with E-state index in [1.165, 1.54) is 22.2 Å². The van der Waals surface area contributed by atoms with E-state index in [9.17, 15) is 4.79 Å². The molecular weight excluding hydrogens is 439 g/mol. The number of hydrogen-bond acceptors (Lipinski definition) is 9. The first-order chi connectivity index (χ1) is 14.0. The lowest BCUT2D eigenvalue weighted by Crippen LogP contribution is -2.19. The number of hydrogen-bond donors (Lipinski definition) is 2. The smallest absolute Gasteiger partial charge is 0.294 e. The van der Waals surface area contributed by atoms with Gasteiger partial charge < -0.3 is 5.73 Å². The van der Waals surface area contributed by atoms with E-state index >= 15 is 0 Å². The van der Waals surface area contributed by atoms with Crippen molar-refractivity contribution in [1.29, 1.82) is 0 Å². The molecule has 0 fully saturated rings. The van der Waals surface area contributed by atoms with Crippen LogP contribution in [-0.4, -0.2) is 37.4 Å². The van der Waals surface area contributed by atoms with Crippen molar-refractivity contribution in [2.24, 2.45) is 5.10 Å². The molecule has 4 rings (SSSR count). The number of rotatable bonds is 5. The Bertz CT molecular complexity index is 1200. The number of anilines is 1. The molecule has 0 saturated carbocycles. The number of nitrogen functional groups attached to an aromatic ring is 1. The maximum absolute atomic E-state index is 12.7. The van der Waals surface area contributed by atoms with Crippen LogP contribution in [-0.2, 0) is 0 Å². The van der Waals surface area contributed by atoms with Crippen LogP contribution < -0.4 is 11.2 Å². The van der Waals surface area contributed by atoms with Gasteiger partial charge >= 0.3 is 0 Å². The first-order valence-corrected chi connectivity index (χ1v) is 9.54. The van der Waals surface area contributed by atoms with Gasteiger partial charge in [-0.25, -0.2) is 10.1 Å². The van der Waals surface area contributed by atoms with Crippen LogP contribution >= 0.6 is 34.5 Å². The van der Waals surface area contributed by atoms with Crippen molar-refractivity contribution in [3.8, 4) is 16.4 Å². The Balaban J connectivity index is 1.63. The van der Waals surface area contributed by atoms with Crippen molar-refractivity contribution in [3.05, 3.63) is 57.0 Å². The third kappa shape index (κ3) is 3.83. The predicted octanol–water partition coefficient (Wildman–Crippen LogP) is 3.03. The van der Waals surface area contributed by atoms with E-state index in [1.807, 2.05) is 11.4 Å². The summed E-state index contributed by atoms with van der Waals surface area (Å²) < 4.78 is 5.91. The minimum Gasteiger partial charge on any atom is -0.378 e. The highest BCUT2D eigenvalue weighted by Crippen LogP contribution is 2.29. The second-order valence-corrected chi connectivity index (χ2v) is 7.28. The number of halogens is 2. The average Bonchev–Trinajstić information content (AvgIpc) is 3.44. The van der Waals surface area contributed by atoms with Crippen LogP contribution in [0.2, 0.25) is 10.0 Å². The normalized spacial score (nSPS) is 11.2. The lowest BCUT2D eigenvalue weighted by atomic mass is 10.2. The Labute approximate surface area is 176 Å². The molecule has 0 aliphatic heterocycles. The zero-order chi connectivity index (χ0) is 20.4. The molecule has 0 spiro atoms. The molecule has 146 valence electrons. The highest BCUT2D eigenvalue weighted by atomic mass is 35.5. The van der Waals surface area contributed by atoms with E-state index in [0.29, 0.717) is 21.3 Å². The van der Waals surface area contributed by atoms with E-state index in [4.69, 9.17) is 28.9 Å². The second kappa shape index (κ2) is 7.99. The van der Waals surface area contributed by atoms with Crippen LogP contribution in [0, 0.1) is 0 Å². The van der Waals surface area contributed by atoms with Crippen LogP contribution in [0.15, 0.2) is 45.4 Å². The van der Waals surface area contributed by atoms with Gasteiger partial charge in [0.1, 0.15) is 5.69 Å². The monoisotopic (exact) mass is 448 g/mol. The van der Waals surface area contributed by atoms with E-state index < -0.39 is 5.91 Å². The maximum Gasteiger partial charge on any atom is 0.294 e.